The standard InChI is InChI=1S/C17H19N3O3/c1-21-15-7-17(23-3)16(22-2)6-13(15)11-20-5-4-12(10-20)14(8-18)9-19/h6-7H,4-5,10-11H2,1-3H3. The molecule has 0 aromatic heterocycles. The minimum absolute atomic E-state index is 0.228. The third-order valence-electron chi connectivity index (χ3n) is 3.90. The zero-order chi connectivity index (χ0) is 16.8. The third-order valence-corrected chi connectivity index (χ3v) is 3.90. The van der Waals surface area contributed by atoms with Crippen LogP contribution >= 0.6 is 0 Å². The highest BCUT2D eigenvalue weighted by Gasteiger charge is 2.22. The first-order valence-corrected chi connectivity index (χ1v) is 7.20. The van der Waals surface area contributed by atoms with Gasteiger partial charge in [0.1, 0.15) is 23.5 Å². The lowest BCUT2D eigenvalue weighted by Gasteiger charge is -2.19. The van der Waals surface area contributed by atoms with Crippen LogP contribution in [0.3, 0.4) is 0 Å². The van der Waals surface area contributed by atoms with Gasteiger partial charge in [-0.25, -0.2) is 0 Å². The second kappa shape index (κ2) is 7.53. The van der Waals surface area contributed by atoms with Gasteiger partial charge in [-0.3, -0.25) is 4.90 Å². The van der Waals surface area contributed by atoms with Gasteiger partial charge in [-0.1, -0.05) is 0 Å². The number of nitriles is 2. The van der Waals surface area contributed by atoms with Gasteiger partial charge in [0.05, 0.1) is 21.3 Å². The Hall–Kier alpha value is -2.70. The maximum atomic E-state index is 8.97. The van der Waals surface area contributed by atoms with Gasteiger partial charge in [0.15, 0.2) is 11.5 Å². The second-order valence-electron chi connectivity index (χ2n) is 5.18. The van der Waals surface area contributed by atoms with E-state index in [-0.39, 0.29) is 5.57 Å². The fourth-order valence-electron chi connectivity index (χ4n) is 2.70. The van der Waals surface area contributed by atoms with E-state index in [9.17, 15) is 0 Å². The Kier molecular flexibility index (Phi) is 5.46. The first kappa shape index (κ1) is 16.7. The molecule has 0 aliphatic carbocycles. The molecule has 1 aliphatic rings. The third kappa shape index (κ3) is 3.56. The quantitative estimate of drug-likeness (QED) is 0.776. The molecule has 6 nitrogen and oxygen atoms in total. The van der Waals surface area contributed by atoms with E-state index in [4.69, 9.17) is 24.7 Å². The van der Waals surface area contributed by atoms with Crippen LogP contribution in [0.4, 0.5) is 0 Å². The average Bonchev–Trinajstić information content (AvgIpc) is 3.03. The summed E-state index contributed by atoms with van der Waals surface area (Å²) >= 11 is 0. The number of benzene rings is 1. The largest absolute Gasteiger partial charge is 0.496 e. The SMILES string of the molecule is COc1cc(OC)c(OC)cc1CN1CCC(=C(C#N)C#N)C1. The van der Waals surface area contributed by atoms with Crippen LogP contribution in [0, 0.1) is 22.7 Å². The maximum absolute atomic E-state index is 8.97. The highest BCUT2D eigenvalue weighted by atomic mass is 16.5. The molecule has 1 fully saturated rings. The van der Waals surface area contributed by atoms with Crippen LogP contribution in [0.2, 0.25) is 0 Å². The van der Waals surface area contributed by atoms with Gasteiger partial charge in [-0.05, 0) is 18.1 Å². The Bertz CT molecular complexity index is 682. The smallest absolute Gasteiger partial charge is 0.164 e. The highest BCUT2D eigenvalue weighted by molar-refractivity contribution is 5.51. The second-order valence-corrected chi connectivity index (χ2v) is 5.18. The molecule has 0 unspecified atom stereocenters. The summed E-state index contributed by atoms with van der Waals surface area (Å²) in [6, 6.07) is 7.63. The number of rotatable bonds is 5. The van der Waals surface area contributed by atoms with Gasteiger partial charge >= 0.3 is 0 Å². The van der Waals surface area contributed by atoms with E-state index in [1.165, 1.54) is 0 Å². The zero-order valence-electron chi connectivity index (χ0n) is 13.5. The van der Waals surface area contributed by atoms with E-state index >= 15 is 0 Å². The van der Waals surface area contributed by atoms with E-state index in [0.29, 0.717) is 24.6 Å². The molecule has 0 amide bonds. The number of ether oxygens (including phenoxy) is 3. The van der Waals surface area contributed by atoms with Crippen molar-refractivity contribution in [2.75, 3.05) is 34.4 Å². The van der Waals surface area contributed by atoms with Gasteiger partial charge in [-0.2, -0.15) is 10.5 Å². The molecule has 1 aromatic carbocycles. The van der Waals surface area contributed by atoms with Crippen molar-refractivity contribution in [3.63, 3.8) is 0 Å². The lowest BCUT2D eigenvalue weighted by Crippen LogP contribution is -2.19. The van der Waals surface area contributed by atoms with Crippen molar-refractivity contribution in [3.05, 3.63) is 28.8 Å². The summed E-state index contributed by atoms with van der Waals surface area (Å²) < 4.78 is 16.1. The molecule has 0 spiro atoms. The molecule has 120 valence electrons. The van der Waals surface area contributed by atoms with Gasteiger partial charge < -0.3 is 14.2 Å². The molecule has 0 bridgehead atoms. The molecule has 1 heterocycles. The number of hydrogen-bond acceptors (Lipinski definition) is 6. The van der Waals surface area contributed by atoms with E-state index in [1.807, 2.05) is 18.2 Å². The summed E-state index contributed by atoms with van der Waals surface area (Å²) in [5, 5.41) is 17.9. The zero-order valence-corrected chi connectivity index (χ0v) is 13.5. The molecule has 1 aliphatic heterocycles. The summed E-state index contributed by atoms with van der Waals surface area (Å²) in [5.41, 5.74) is 2.10. The normalized spacial score (nSPS) is 14.0. The Morgan fingerprint density at radius 2 is 1.65 bits per heavy atom. The molecule has 2 rings (SSSR count). The summed E-state index contributed by atoms with van der Waals surface area (Å²) in [6.07, 6.45) is 0.742. The molecular formula is C17H19N3O3. The predicted octanol–water partition coefficient (Wildman–Crippen LogP) is 2.26. The van der Waals surface area contributed by atoms with Crippen molar-refractivity contribution in [2.45, 2.75) is 13.0 Å². The van der Waals surface area contributed by atoms with Gasteiger partial charge in [-0.15, -0.1) is 0 Å². The highest BCUT2D eigenvalue weighted by Crippen LogP contribution is 2.35. The minimum Gasteiger partial charge on any atom is -0.496 e. The van der Waals surface area contributed by atoms with Gasteiger partial charge in [0, 0.05) is 31.3 Å². The molecule has 1 saturated heterocycles. The number of likely N-dealkylation sites (tertiary alicyclic amines) is 1. The van der Waals surface area contributed by atoms with Crippen molar-refractivity contribution in [2.24, 2.45) is 0 Å². The minimum atomic E-state index is 0.228. The summed E-state index contributed by atoms with van der Waals surface area (Å²) in [4.78, 5) is 2.17. The average molecular weight is 313 g/mol. The number of allylic oxidation sites excluding steroid dienone is 1. The van der Waals surface area contributed by atoms with Crippen molar-refractivity contribution < 1.29 is 14.2 Å². The van der Waals surface area contributed by atoms with Crippen LogP contribution in [0.5, 0.6) is 17.2 Å². The summed E-state index contributed by atoms with van der Waals surface area (Å²) in [5.74, 6) is 1.99. The molecule has 0 saturated carbocycles. The van der Waals surface area contributed by atoms with Crippen LogP contribution in [0.1, 0.15) is 12.0 Å². The van der Waals surface area contributed by atoms with Crippen molar-refractivity contribution >= 4 is 0 Å². The van der Waals surface area contributed by atoms with Gasteiger partial charge in [0.2, 0.25) is 0 Å². The van der Waals surface area contributed by atoms with Gasteiger partial charge in [0.25, 0.3) is 0 Å². The lowest BCUT2D eigenvalue weighted by molar-refractivity contribution is 0.318. The summed E-state index contributed by atoms with van der Waals surface area (Å²) in [6.45, 7) is 2.07. The number of hydrogen-bond donors (Lipinski definition) is 0. The Morgan fingerprint density at radius 3 is 2.22 bits per heavy atom. The molecule has 0 N–H and O–H groups in total. The van der Waals surface area contributed by atoms with Crippen molar-refractivity contribution in [3.8, 4) is 29.4 Å². The van der Waals surface area contributed by atoms with E-state index in [2.05, 4.69) is 4.90 Å². The van der Waals surface area contributed by atoms with E-state index < -0.39 is 0 Å². The maximum Gasteiger partial charge on any atom is 0.164 e. The molecule has 1 aromatic rings. The summed E-state index contributed by atoms with van der Waals surface area (Å²) in [7, 11) is 4.79. The first-order chi connectivity index (χ1) is 11.2. The van der Waals surface area contributed by atoms with Crippen LogP contribution < -0.4 is 14.2 Å². The molecule has 6 heteroatoms. The number of methoxy groups -OCH3 is 3. The monoisotopic (exact) mass is 313 g/mol. The molecule has 0 atom stereocenters. The first-order valence-electron chi connectivity index (χ1n) is 7.20. The predicted molar refractivity (Wildman–Crippen MR) is 84.2 cm³/mol. The number of nitrogens with zero attached hydrogens (tertiary/aromatic N) is 3. The Labute approximate surface area is 136 Å². The Balaban J connectivity index is 2.23. The van der Waals surface area contributed by atoms with Crippen LogP contribution in [-0.2, 0) is 6.54 Å². The van der Waals surface area contributed by atoms with Crippen LogP contribution in [0.15, 0.2) is 23.3 Å². The van der Waals surface area contributed by atoms with E-state index in [0.717, 1.165) is 29.9 Å². The lowest BCUT2D eigenvalue weighted by atomic mass is 10.1. The van der Waals surface area contributed by atoms with E-state index in [1.54, 1.807) is 27.4 Å². The molecular weight excluding hydrogens is 294 g/mol. The Morgan fingerprint density at radius 1 is 1.04 bits per heavy atom. The molecule has 23 heavy (non-hydrogen) atoms. The molecule has 0 radical (unpaired) electrons. The van der Waals surface area contributed by atoms with Crippen LogP contribution in [0.25, 0.3) is 0 Å². The van der Waals surface area contributed by atoms with Crippen molar-refractivity contribution in [1.29, 1.82) is 10.5 Å². The van der Waals surface area contributed by atoms with Crippen LogP contribution in [-0.4, -0.2) is 39.3 Å². The topological polar surface area (TPSA) is 78.5 Å². The fraction of sp³-hybridized carbons (Fsp3) is 0.412. The fourth-order valence-corrected chi connectivity index (χ4v) is 2.70. The van der Waals surface area contributed by atoms with Crippen molar-refractivity contribution in [1.82, 2.24) is 4.90 Å².